The third kappa shape index (κ3) is 3.37. The van der Waals surface area contributed by atoms with Crippen LogP contribution in [0.2, 0.25) is 5.02 Å². The number of carbonyl (C=O) groups excluding carboxylic acids is 1. The van der Waals surface area contributed by atoms with Crippen molar-refractivity contribution in [3.8, 4) is 0 Å². The molecule has 1 fully saturated rings. The van der Waals surface area contributed by atoms with Crippen molar-refractivity contribution in [1.82, 2.24) is 9.55 Å². The zero-order chi connectivity index (χ0) is 20.7. The molecule has 2 heterocycles. The van der Waals surface area contributed by atoms with Crippen LogP contribution < -0.4 is 4.90 Å². The fraction of sp³-hybridized carbons (Fsp3) is 0.200. The molecule has 5 heteroatoms. The summed E-state index contributed by atoms with van der Waals surface area (Å²) in [5.74, 6) is 1.06. The molecule has 0 spiro atoms. The van der Waals surface area contributed by atoms with Crippen LogP contribution in [0.4, 0.5) is 5.69 Å². The molecule has 5 rings (SSSR count). The number of rotatable bonds is 4. The predicted molar refractivity (Wildman–Crippen MR) is 121 cm³/mol. The van der Waals surface area contributed by atoms with Gasteiger partial charge in [0.05, 0.1) is 21.7 Å². The predicted octanol–water partition coefficient (Wildman–Crippen LogP) is 5.57. The molecule has 0 bridgehead atoms. The molecule has 4 aromatic rings. The summed E-state index contributed by atoms with van der Waals surface area (Å²) in [6, 6.07) is 24.3. The normalized spacial score (nSPS) is 16.5. The van der Waals surface area contributed by atoms with E-state index in [9.17, 15) is 4.79 Å². The van der Waals surface area contributed by atoms with Crippen LogP contribution in [0.25, 0.3) is 11.0 Å². The lowest BCUT2D eigenvalue weighted by Crippen LogP contribution is -2.24. The van der Waals surface area contributed by atoms with Crippen molar-refractivity contribution in [2.45, 2.75) is 25.8 Å². The third-order valence-electron chi connectivity index (χ3n) is 5.78. The SMILES string of the molecule is Cc1ccc(Cn2c([C@@H]3CC(=O)N(c4ccccc4Cl)C3)nc3ccccc32)cc1. The molecule has 1 aromatic heterocycles. The molecule has 1 atom stereocenters. The second kappa shape index (κ2) is 7.62. The Bertz CT molecular complexity index is 1230. The quantitative estimate of drug-likeness (QED) is 0.437. The van der Waals surface area contributed by atoms with Crippen molar-refractivity contribution < 1.29 is 4.79 Å². The van der Waals surface area contributed by atoms with Crippen LogP contribution >= 0.6 is 11.6 Å². The number of halogens is 1. The molecule has 0 unspecified atom stereocenters. The van der Waals surface area contributed by atoms with Crippen molar-refractivity contribution in [2.24, 2.45) is 0 Å². The molecule has 0 N–H and O–H groups in total. The standard InChI is InChI=1S/C25H22ClN3O/c1-17-10-12-18(13-11-17)15-29-23-9-5-3-7-21(23)27-25(29)19-14-24(30)28(16-19)22-8-4-2-6-20(22)26/h2-13,19H,14-16H2,1H3/t19-/m1/s1. The van der Waals surface area contributed by atoms with Gasteiger partial charge in [0.1, 0.15) is 5.82 Å². The van der Waals surface area contributed by atoms with E-state index >= 15 is 0 Å². The van der Waals surface area contributed by atoms with Gasteiger partial charge in [0.2, 0.25) is 5.91 Å². The van der Waals surface area contributed by atoms with E-state index in [-0.39, 0.29) is 11.8 Å². The molecule has 0 radical (unpaired) electrons. The lowest BCUT2D eigenvalue weighted by molar-refractivity contribution is -0.117. The number of aromatic nitrogens is 2. The number of anilines is 1. The number of amides is 1. The Balaban J connectivity index is 1.53. The van der Waals surface area contributed by atoms with E-state index in [0.29, 0.717) is 18.0 Å². The fourth-order valence-electron chi connectivity index (χ4n) is 4.23. The van der Waals surface area contributed by atoms with Crippen LogP contribution in [0.5, 0.6) is 0 Å². The van der Waals surface area contributed by atoms with Gasteiger partial charge in [0.15, 0.2) is 0 Å². The van der Waals surface area contributed by atoms with Gasteiger partial charge in [-0.05, 0) is 36.8 Å². The summed E-state index contributed by atoms with van der Waals surface area (Å²) in [4.78, 5) is 19.6. The second-order valence-corrected chi connectivity index (χ2v) is 8.29. The number of carbonyl (C=O) groups is 1. The number of nitrogens with zero attached hydrogens (tertiary/aromatic N) is 3. The maximum atomic E-state index is 12.9. The molecule has 0 aliphatic carbocycles. The first kappa shape index (κ1) is 18.9. The Hall–Kier alpha value is -3.11. The van der Waals surface area contributed by atoms with Crippen molar-refractivity contribution >= 4 is 34.2 Å². The fourth-order valence-corrected chi connectivity index (χ4v) is 4.47. The topological polar surface area (TPSA) is 38.1 Å². The van der Waals surface area contributed by atoms with Crippen molar-refractivity contribution in [3.63, 3.8) is 0 Å². The highest BCUT2D eigenvalue weighted by atomic mass is 35.5. The summed E-state index contributed by atoms with van der Waals surface area (Å²) in [7, 11) is 0. The van der Waals surface area contributed by atoms with E-state index in [0.717, 1.165) is 29.1 Å². The summed E-state index contributed by atoms with van der Waals surface area (Å²) >= 11 is 6.36. The Labute approximate surface area is 180 Å². The van der Waals surface area contributed by atoms with Gasteiger partial charge in [-0.1, -0.05) is 65.7 Å². The molecule has 4 nitrogen and oxygen atoms in total. The van der Waals surface area contributed by atoms with Crippen LogP contribution in [0.1, 0.15) is 29.3 Å². The average Bonchev–Trinajstić information content (AvgIpc) is 3.31. The molecular formula is C25H22ClN3O. The van der Waals surface area contributed by atoms with Crippen molar-refractivity contribution in [2.75, 3.05) is 11.4 Å². The Morgan fingerprint density at radius 2 is 1.73 bits per heavy atom. The maximum absolute atomic E-state index is 12.9. The minimum absolute atomic E-state index is 0.0200. The number of hydrogen-bond donors (Lipinski definition) is 0. The zero-order valence-electron chi connectivity index (χ0n) is 16.8. The highest BCUT2D eigenvalue weighted by molar-refractivity contribution is 6.33. The minimum atomic E-state index is 0.0200. The summed E-state index contributed by atoms with van der Waals surface area (Å²) < 4.78 is 2.26. The number of benzene rings is 3. The monoisotopic (exact) mass is 415 g/mol. The molecular weight excluding hydrogens is 394 g/mol. The Kier molecular flexibility index (Phi) is 4.80. The molecule has 1 aliphatic rings. The van der Waals surface area contributed by atoms with E-state index in [1.54, 1.807) is 4.90 Å². The third-order valence-corrected chi connectivity index (χ3v) is 6.10. The van der Waals surface area contributed by atoms with Crippen molar-refractivity contribution in [3.05, 3.63) is 94.8 Å². The number of hydrogen-bond acceptors (Lipinski definition) is 2. The molecule has 1 saturated heterocycles. The second-order valence-electron chi connectivity index (χ2n) is 7.89. The Morgan fingerprint density at radius 1 is 1.00 bits per heavy atom. The zero-order valence-corrected chi connectivity index (χ0v) is 17.5. The highest BCUT2D eigenvalue weighted by Gasteiger charge is 2.35. The van der Waals surface area contributed by atoms with E-state index in [2.05, 4.69) is 41.8 Å². The maximum Gasteiger partial charge on any atom is 0.227 e. The van der Waals surface area contributed by atoms with Gasteiger partial charge in [-0.25, -0.2) is 4.98 Å². The highest BCUT2D eigenvalue weighted by Crippen LogP contribution is 2.36. The average molecular weight is 416 g/mol. The van der Waals surface area contributed by atoms with Crippen molar-refractivity contribution in [1.29, 1.82) is 0 Å². The molecule has 3 aromatic carbocycles. The lowest BCUT2D eigenvalue weighted by Gasteiger charge is -2.18. The smallest absolute Gasteiger partial charge is 0.227 e. The molecule has 150 valence electrons. The largest absolute Gasteiger partial charge is 0.323 e. The summed E-state index contributed by atoms with van der Waals surface area (Å²) in [6.45, 7) is 3.40. The van der Waals surface area contributed by atoms with Crippen LogP contribution in [0, 0.1) is 6.92 Å². The van der Waals surface area contributed by atoms with E-state index < -0.39 is 0 Å². The molecule has 1 aliphatic heterocycles. The summed E-state index contributed by atoms with van der Waals surface area (Å²) in [5, 5.41) is 0.597. The number of fused-ring (bicyclic) bond motifs is 1. The first-order valence-electron chi connectivity index (χ1n) is 10.2. The van der Waals surface area contributed by atoms with Gasteiger partial charge in [0, 0.05) is 25.4 Å². The molecule has 30 heavy (non-hydrogen) atoms. The van der Waals surface area contributed by atoms with Crippen LogP contribution in [0.15, 0.2) is 72.8 Å². The van der Waals surface area contributed by atoms with E-state index in [4.69, 9.17) is 16.6 Å². The van der Waals surface area contributed by atoms with Gasteiger partial charge in [-0.2, -0.15) is 0 Å². The van der Waals surface area contributed by atoms with Crippen LogP contribution in [-0.2, 0) is 11.3 Å². The molecule has 0 saturated carbocycles. The van der Waals surface area contributed by atoms with Gasteiger partial charge >= 0.3 is 0 Å². The first-order chi connectivity index (χ1) is 14.6. The van der Waals surface area contributed by atoms with Gasteiger partial charge < -0.3 is 9.47 Å². The van der Waals surface area contributed by atoms with Gasteiger partial charge in [-0.3, -0.25) is 4.79 Å². The van der Waals surface area contributed by atoms with E-state index in [1.807, 2.05) is 42.5 Å². The summed E-state index contributed by atoms with van der Waals surface area (Å²) in [5.41, 5.74) is 5.29. The van der Waals surface area contributed by atoms with Gasteiger partial charge in [0.25, 0.3) is 0 Å². The summed E-state index contributed by atoms with van der Waals surface area (Å²) in [6.07, 6.45) is 0.433. The minimum Gasteiger partial charge on any atom is -0.323 e. The van der Waals surface area contributed by atoms with Crippen LogP contribution in [-0.4, -0.2) is 22.0 Å². The number of imidazole rings is 1. The van der Waals surface area contributed by atoms with Gasteiger partial charge in [-0.15, -0.1) is 0 Å². The van der Waals surface area contributed by atoms with E-state index in [1.165, 1.54) is 11.1 Å². The lowest BCUT2D eigenvalue weighted by atomic mass is 10.1. The number of aryl methyl sites for hydroxylation is 1. The Morgan fingerprint density at radius 3 is 2.53 bits per heavy atom. The number of para-hydroxylation sites is 3. The molecule has 1 amide bonds. The van der Waals surface area contributed by atoms with Crippen LogP contribution in [0.3, 0.4) is 0 Å². The first-order valence-corrected chi connectivity index (χ1v) is 10.5.